The maximum atomic E-state index is 12.2. The molecule has 2 nitrogen and oxygen atoms in total. The van der Waals surface area contributed by atoms with Gasteiger partial charge in [0.05, 0.1) is 5.02 Å². The van der Waals surface area contributed by atoms with Crippen LogP contribution in [0.4, 0.5) is 0 Å². The summed E-state index contributed by atoms with van der Waals surface area (Å²) in [5.41, 5.74) is 2.64. The summed E-state index contributed by atoms with van der Waals surface area (Å²) in [5.74, 6) is 0.333. The summed E-state index contributed by atoms with van der Waals surface area (Å²) >= 11 is 11.9. The van der Waals surface area contributed by atoms with Crippen molar-refractivity contribution in [2.45, 2.75) is 13.8 Å². The van der Waals surface area contributed by atoms with Crippen molar-refractivity contribution in [1.29, 1.82) is 0 Å². The van der Waals surface area contributed by atoms with Crippen LogP contribution in [-0.2, 0) is 0 Å². The van der Waals surface area contributed by atoms with Gasteiger partial charge in [0, 0.05) is 5.56 Å². The number of rotatable bonds is 4. The Morgan fingerprint density at radius 3 is 2.65 bits per heavy atom. The molecule has 0 aromatic heterocycles. The van der Waals surface area contributed by atoms with Gasteiger partial charge in [-0.2, -0.15) is 0 Å². The monoisotopic (exact) mass is 308 g/mol. The standard InChI is InChI=1S/C16H14Cl2O2/c1-10-6-7-11(2)12(8-10)14(19)9-20-15-5-3-4-13(17)16(15)18/h3-8H,9H2,1-2H3. The Morgan fingerprint density at radius 1 is 1.15 bits per heavy atom. The SMILES string of the molecule is Cc1ccc(C)c(C(=O)COc2cccc(Cl)c2Cl)c1. The van der Waals surface area contributed by atoms with E-state index in [1.165, 1.54) is 0 Å². The van der Waals surface area contributed by atoms with Crippen LogP contribution in [0, 0.1) is 13.8 Å². The molecule has 0 spiro atoms. The molecule has 0 aliphatic heterocycles. The highest BCUT2D eigenvalue weighted by Crippen LogP contribution is 2.31. The molecule has 0 amide bonds. The average Bonchev–Trinajstić information content (AvgIpc) is 2.43. The maximum Gasteiger partial charge on any atom is 0.200 e. The van der Waals surface area contributed by atoms with Crippen LogP contribution in [0.1, 0.15) is 21.5 Å². The van der Waals surface area contributed by atoms with Gasteiger partial charge in [-0.3, -0.25) is 4.79 Å². The number of hydrogen-bond donors (Lipinski definition) is 0. The summed E-state index contributed by atoms with van der Waals surface area (Å²) in [4.78, 5) is 12.2. The fourth-order valence-corrected chi connectivity index (χ4v) is 2.20. The van der Waals surface area contributed by atoms with Gasteiger partial charge in [-0.1, -0.05) is 47.0 Å². The minimum atomic E-state index is -0.0813. The molecule has 0 saturated carbocycles. The highest BCUT2D eigenvalue weighted by molar-refractivity contribution is 6.42. The lowest BCUT2D eigenvalue weighted by atomic mass is 10.0. The molecule has 104 valence electrons. The van der Waals surface area contributed by atoms with Crippen molar-refractivity contribution in [3.63, 3.8) is 0 Å². The molecular formula is C16H14Cl2O2. The predicted molar refractivity (Wildman–Crippen MR) is 82.2 cm³/mol. The van der Waals surface area contributed by atoms with Gasteiger partial charge in [-0.05, 0) is 37.6 Å². The molecule has 0 atom stereocenters. The normalized spacial score (nSPS) is 10.4. The molecule has 0 N–H and O–H groups in total. The molecule has 0 fully saturated rings. The summed E-state index contributed by atoms with van der Waals surface area (Å²) in [6.07, 6.45) is 0. The second kappa shape index (κ2) is 6.29. The van der Waals surface area contributed by atoms with Gasteiger partial charge in [0.1, 0.15) is 10.8 Å². The first-order valence-corrected chi connectivity index (χ1v) is 6.92. The van der Waals surface area contributed by atoms with Crippen molar-refractivity contribution in [3.8, 4) is 5.75 Å². The number of hydrogen-bond acceptors (Lipinski definition) is 2. The maximum absolute atomic E-state index is 12.2. The van der Waals surface area contributed by atoms with Gasteiger partial charge in [0.25, 0.3) is 0 Å². The second-order valence-corrected chi connectivity index (χ2v) is 5.37. The van der Waals surface area contributed by atoms with Gasteiger partial charge in [-0.25, -0.2) is 0 Å². The van der Waals surface area contributed by atoms with E-state index in [2.05, 4.69) is 0 Å². The Bertz CT molecular complexity index is 651. The Labute approximate surface area is 128 Å². The topological polar surface area (TPSA) is 26.3 Å². The molecule has 0 aliphatic rings. The van der Waals surface area contributed by atoms with Crippen LogP contribution in [0.2, 0.25) is 10.0 Å². The number of Topliss-reactive ketones (excluding diaryl/α,β-unsaturated/α-hetero) is 1. The molecule has 0 aliphatic carbocycles. The van der Waals surface area contributed by atoms with Crippen molar-refractivity contribution in [3.05, 3.63) is 63.1 Å². The zero-order valence-electron chi connectivity index (χ0n) is 11.2. The third kappa shape index (κ3) is 3.33. The lowest BCUT2D eigenvalue weighted by Crippen LogP contribution is -2.13. The summed E-state index contributed by atoms with van der Waals surface area (Å²) in [7, 11) is 0. The second-order valence-electron chi connectivity index (χ2n) is 4.58. The van der Waals surface area contributed by atoms with Crippen LogP contribution < -0.4 is 4.74 Å². The van der Waals surface area contributed by atoms with E-state index in [1.54, 1.807) is 18.2 Å². The molecule has 0 saturated heterocycles. The average molecular weight is 309 g/mol. The minimum Gasteiger partial charge on any atom is -0.484 e. The van der Waals surface area contributed by atoms with Crippen LogP contribution in [0.5, 0.6) is 5.75 Å². The van der Waals surface area contributed by atoms with E-state index in [1.807, 2.05) is 32.0 Å². The molecule has 20 heavy (non-hydrogen) atoms. The van der Waals surface area contributed by atoms with E-state index in [0.717, 1.165) is 11.1 Å². The molecule has 0 bridgehead atoms. The van der Waals surface area contributed by atoms with E-state index in [4.69, 9.17) is 27.9 Å². The van der Waals surface area contributed by atoms with Gasteiger partial charge in [0.2, 0.25) is 0 Å². The van der Waals surface area contributed by atoms with Crippen molar-refractivity contribution >= 4 is 29.0 Å². The number of carbonyl (C=O) groups excluding carboxylic acids is 1. The van der Waals surface area contributed by atoms with Crippen LogP contribution >= 0.6 is 23.2 Å². The quantitative estimate of drug-likeness (QED) is 0.753. The summed E-state index contributed by atoms with van der Waals surface area (Å²) in [6.45, 7) is 3.79. The van der Waals surface area contributed by atoms with Gasteiger partial charge in [-0.15, -0.1) is 0 Å². The van der Waals surface area contributed by atoms with Crippen molar-refractivity contribution in [2.75, 3.05) is 6.61 Å². The summed E-state index contributed by atoms with van der Waals surface area (Å²) < 4.78 is 5.46. The first kappa shape index (κ1) is 14.9. The zero-order chi connectivity index (χ0) is 14.7. The fraction of sp³-hybridized carbons (Fsp3) is 0.188. The number of carbonyl (C=O) groups is 1. The third-order valence-corrected chi connectivity index (χ3v) is 3.77. The zero-order valence-corrected chi connectivity index (χ0v) is 12.8. The first-order chi connectivity index (χ1) is 9.49. The number of halogens is 2. The van der Waals surface area contributed by atoms with Crippen LogP contribution in [0.15, 0.2) is 36.4 Å². The highest BCUT2D eigenvalue weighted by Gasteiger charge is 2.12. The molecule has 2 aromatic carbocycles. The number of aryl methyl sites for hydroxylation is 2. The first-order valence-electron chi connectivity index (χ1n) is 6.16. The minimum absolute atomic E-state index is 0.0651. The predicted octanol–water partition coefficient (Wildman–Crippen LogP) is 4.87. The molecule has 4 heteroatoms. The van der Waals surface area contributed by atoms with E-state index >= 15 is 0 Å². The van der Waals surface area contributed by atoms with Crippen molar-refractivity contribution in [1.82, 2.24) is 0 Å². The Morgan fingerprint density at radius 2 is 1.90 bits per heavy atom. The Kier molecular flexibility index (Phi) is 4.69. The molecular weight excluding hydrogens is 295 g/mol. The molecule has 0 radical (unpaired) electrons. The fourth-order valence-electron chi connectivity index (χ4n) is 1.85. The lowest BCUT2D eigenvalue weighted by Gasteiger charge is -2.10. The number of ether oxygens (including phenoxy) is 1. The van der Waals surface area contributed by atoms with Gasteiger partial charge >= 0.3 is 0 Å². The van der Waals surface area contributed by atoms with Crippen molar-refractivity contribution < 1.29 is 9.53 Å². The Hall–Kier alpha value is -1.51. The van der Waals surface area contributed by atoms with Crippen molar-refractivity contribution in [2.24, 2.45) is 0 Å². The largest absolute Gasteiger partial charge is 0.484 e. The van der Waals surface area contributed by atoms with Crippen LogP contribution in [0.3, 0.4) is 0 Å². The van der Waals surface area contributed by atoms with E-state index in [0.29, 0.717) is 21.4 Å². The van der Waals surface area contributed by atoms with E-state index < -0.39 is 0 Å². The van der Waals surface area contributed by atoms with E-state index in [-0.39, 0.29) is 12.4 Å². The molecule has 2 aromatic rings. The molecule has 0 unspecified atom stereocenters. The lowest BCUT2D eigenvalue weighted by molar-refractivity contribution is 0.0921. The Balaban J connectivity index is 2.13. The molecule has 2 rings (SSSR count). The summed E-state index contributed by atoms with van der Waals surface area (Å²) in [5, 5.41) is 0.728. The number of ketones is 1. The molecule has 0 heterocycles. The summed E-state index contributed by atoms with van der Waals surface area (Å²) in [6, 6.07) is 10.8. The van der Waals surface area contributed by atoms with Crippen LogP contribution in [0.25, 0.3) is 0 Å². The van der Waals surface area contributed by atoms with Gasteiger partial charge in [0.15, 0.2) is 12.4 Å². The van der Waals surface area contributed by atoms with E-state index in [9.17, 15) is 4.79 Å². The smallest absolute Gasteiger partial charge is 0.200 e. The van der Waals surface area contributed by atoms with Crippen LogP contribution in [-0.4, -0.2) is 12.4 Å². The van der Waals surface area contributed by atoms with Gasteiger partial charge < -0.3 is 4.74 Å². The number of benzene rings is 2. The third-order valence-electron chi connectivity index (χ3n) is 2.97. The highest BCUT2D eigenvalue weighted by atomic mass is 35.5.